The number of hydrogen-bond acceptors (Lipinski definition) is 1. The van der Waals surface area contributed by atoms with Gasteiger partial charge in [0.2, 0.25) is 6.43 Å². The summed E-state index contributed by atoms with van der Waals surface area (Å²) in [5, 5.41) is 9.31. The van der Waals surface area contributed by atoms with Crippen LogP contribution in [0, 0.1) is 0 Å². The van der Waals surface area contributed by atoms with Crippen LogP contribution in [0.5, 0.6) is 0 Å². The molecule has 0 aliphatic rings. The minimum Gasteiger partial charge on any atom is -0.481 e. The monoisotopic (exact) mass is 239 g/mol. The number of nitrogens with one attached hydrogen (secondary N) is 1. The van der Waals surface area contributed by atoms with Gasteiger partial charge in [0, 0.05) is 17.1 Å². The Balaban J connectivity index is 2.45. The minimum atomic E-state index is -2.69. The molecule has 17 heavy (non-hydrogen) atoms. The fraction of sp³-hybridized carbons (Fsp3) is 0.250. The second-order valence-electron chi connectivity index (χ2n) is 3.83. The highest BCUT2D eigenvalue weighted by atomic mass is 19.3. The molecule has 2 aromatic rings. The average Bonchev–Trinajstić information content (AvgIpc) is 2.69. The fourth-order valence-corrected chi connectivity index (χ4v) is 1.92. The molecule has 1 aromatic carbocycles. The lowest BCUT2D eigenvalue weighted by atomic mass is 9.96. The molecule has 0 aliphatic carbocycles. The Hall–Kier alpha value is -1.91. The molecule has 0 saturated heterocycles. The van der Waals surface area contributed by atoms with Gasteiger partial charge < -0.3 is 10.1 Å². The predicted octanol–water partition coefficient (Wildman–Crippen LogP) is 2.99. The number of carbonyl (C=O) groups is 1. The third kappa shape index (κ3) is 2.27. The lowest BCUT2D eigenvalue weighted by molar-refractivity contribution is -0.138. The minimum absolute atomic E-state index is 0.359. The predicted molar refractivity (Wildman–Crippen MR) is 59.3 cm³/mol. The van der Waals surface area contributed by atoms with Gasteiger partial charge in [-0.15, -0.1) is 0 Å². The van der Waals surface area contributed by atoms with Gasteiger partial charge in [-0.3, -0.25) is 4.79 Å². The van der Waals surface area contributed by atoms with Crippen LogP contribution in [-0.4, -0.2) is 22.5 Å². The first-order valence-electron chi connectivity index (χ1n) is 5.15. The number of aromatic nitrogens is 1. The molecule has 0 amide bonds. The zero-order chi connectivity index (χ0) is 12.4. The van der Waals surface area contributed by atoms with Gasteiger partial charge in [-0.25, -0.2) is 8.78 Å². The summed E-state index contributed by atoms with van der Waals surface area (Å²) < 4.78 is 25.7. The number of benzene rings is 1. The van der Waals surface area contributed by atoms with Crippen molar-refractivity contribution in [2.24, 2.45) is 0 Å². The van der Waals surface area contributed by atoms with E-state index in [1.807, 2.05) is 0 Å². The molecule has 1 atom stereocenters. The third-order valence-electron chi connectivity index (χ3n) is 2.72. The first kappa shape index (κ1) is 11.6. The van der Waals surface area contributed by atoms with Crippen LogP contribution in [0.4, 0.5) is 8.78 Å². The van der Waals surface area contributed by atoms with E-state index in [4.69, 9.17) is 5.11 Å². The van der Waals surface area contributed by atoms with Gasteiger partial charge in [0.25, 0.3) is 0 Å². The molecule has 1 heterocycles. The summed E-state index contributed by atoms with van der Waals surface area (Å²) in [7, 11) is 0. The Kier molecular flexibility index (Phi) is 3.08. The number of hydrogen-bond donors (Lipinski definition) is 2. The maximum absolute atomic E-state index is 12.9. The van der Waals surface area contributed by atoms with Crippen LogP contribution in [0.2, 0.25) is 0 Å². The summed E-state index contributed by atoms with van der Waals surface area (Å²) >= 11 is 0. The molecule has 0 spiro atoms. The molecule has 90 valence electrons. The summed E-state index contributed by atoms with van der Waals surface area (Å²) in [6.45, 7) is 0. The maximum Gasteiger partial charge on any atom is 0.304 e. The number of aliphatic carboxylic acids is 1. The Morgan fingerprint density at radius 2 is 2.06 bits per heavy atom. The van der Waals surface area contributed by atoms with Crippen LogP contribution in [0.15, 0.2) is 30.5 Å². The number of aromatic amines is 1. The Labute approximate surface area is 96.1 Å². The molecule has 5 heteroatoms. The van der Waals surface area contributed by atoms with Gasteiger partial charge in [0.05, 0.1) is 12.3 Å². The first-order chi connectivity index (χ1) is 8.09. The number of H-pyrrole nitrogens is 1. The number of fused-ring (bicyclic) bond motifs is 1. The molecular weight excluding hydrogens is 228 g/mol. The topological polar surface area (TPSA) is 53.1 Å². The molecule has 0 fully saturated rings. The van der Waals surface area contributed by atoms with E-state index in [0.717, 1.165) is 5.52 Å². The SMILES string of the molecule is O=C(O)CC(c1c[nH]c2ccccc12)C(F)F. The van der Waals surface area contributed by atoms with Crippen molar-refractivity contribution in [3.63, 3.8) is 0 Å². The van der Waals surface area contributed by atoms with Crippen molar-refractivity contribution in [3.05, 3.63) is 36.0 Å². The van der Waals surface area contributed by atoms with Crippen LogP contribution in [0.25, 0.3) is 10.9 Å². The van der Waals surface area contributed by atoms with Gasteiger partial charge in [-0.1, -0.05) is 18.2 Å². The van der Waals surface area contributed by atoms with E-state index >= 15 is 0 Å². The van der Waals surface area contributed by atoms with Crippen molar-refractivity contribution >= 4 is 16.9 Å². The Bertz CT molecular complexity index is 536. The van der Waals surface area contributed by atoms with E-state index in [0.29, 0.717) is 10.9 Å². The zero-order valence-electron chi connectivity index (χ0n) is 8.86. The summed E-state index contributed by atoms with van der Waals surface area (Å²) in [4.78, 5) is 13.5. The van der Waals surface area contributed by atoms with Crippen LogP contribution >= 0.6 is 0 Å². The number of para-hydroxylation sites is 1. The van der Waals surface area contributed by atoms with E-state index in [1.165, 1.54) is 6.20 Å². The number of halogens is 2. The molecule has 1 aromatic heterocycles. The van der Waals surface area contributed by atoms with Crippen molar-refractivity contribution in [1.29, 1.82) is 0 Å². The van der Waals surface area contributed by atoms with Gasteiger partial charge in [0.15, 0.2) is 0 Å². The summed E-state index contributed by atoms with van der Waals surface area (Å²) in [6.07, 6.45) is -1.80. The second-order valence-corrected chi connectivity index (χ2v) is 3.83. The van der Waals surface area contributed by atoms with Crippen molar-refractivity contribution in [2.45, 2.75) is 18.8 Å². The van der Waals surface area contributed by atoms with Crippen LogP contribution in [-0.2, 0) is 4.79 Å². The van der Waals surface area contributed by atoms with E-state index < -0.39 is 24.7 Å². The molecule has 0 aliphatic heterocycles. The highest BCUT2D eigenvalue weighted by Crippen LogP contribution is 2.32. The fourth-order valence-electron chi connectivity index (χ4n) is 1.92. The summed E-state index contributed by atoms with van der Waals surface area (Å²) in [6, 6.07) is 7.00. The van der Waals surface area contributed by atoms with Crippen LogP contribution in [0.1, 0.15) is 17.9 Å². The second kappa shape index (κ2) is 4.53. The highest BCUT2D eigenvalue weighted by Gasteiger charge is 2.27. The van der Waals surface area contributed by atoms with Crippen LogP contribution in [0.3, 0.4) is 0 Å². The molecule has 3 nitrogen and oxygen atoms in total. The summed E-state index contributed by atoms with van der Waals surface area (Å²) in [5.74, 6) is -2.50. The summed E-state index contributed by atoms with van der Waals surface area (Å²) in [5.41, 5.74) is 1.09. The first-order valence-corrected chi connectivity index (χ1v) is 5.15. The van der Waals surface area contributed by atoms with Crippen molar-refractivity contribution < 1.29 is 18.7 Å². The molecule has 0 saturated carbocycles. The molecule has 2 rings (SSSR count). The number of rotatable bonds is 4. The number of carboxylic acid groups (broad SMARTS) is 1. The molecular formula is C12H11F2NO2. The number of alkyl halides is 2. The van der Waals surface area contributed by atoms with Crippen molar-refractivity contribution in [1.82, 2.24) is 4.98 Å². The number of carboxylic acids is 1. The Morgan fingerprint density at radius 3 is 2.71 bits per heavy atom. The Morgan fingerprint density at radius 1 is 1.35 bits per heavy atom. The zero-order valence-corrected chi connectivity index (χ0v) is 8.86. The van der Waals surface area contributed by atoms with Gasteiger partial charge in [-0.05, 0) is 11.6 Å². The van der Waals surface area contributed by atoms with E-state index in [1.54, 1.807) is 24.3 Å². The normalized spacial score (nSPS) is 13.1. The standard InChI is InChI=1S/C12H11F2NO2/c13-12(14)8(5-11(16)17)9-6-15-10-4-2-1-3-7(9)10/h1-4,6,8,12,15H,5H2,(H,16,17). The smallest absolute Gasteiger partial charge is 0.304 e. The third-order valence-corrected chi connectivity index (χ3v) is 2.72. The molecule has 0 radical (unpaired) electrons. The molecule has 1 unspecified atom stereocenters. The van der Waals surface area contributed by atoms with Gasteiger partial charge in [0.1, 0.15) is 0 Å². The van der Waals surface area contributed by atoms with Gasteiger partial charge in [-0.2, -0.15) is 0 Å². The average molecular weight is 239 g/mol. The quantitative estimate of drug-likeness (QED) is 0.861. The van der Waals surface area contributed by atoms with Crippen molar-refractivity contribution in [2.75, 3.05) is 0 Å². The lowest BCUT2D eigenvalue weighted by Crippen LogP contribution is -2.13. The van der Waals surface area contributed by atoms with E-state index in [2.05, 4.69) is 4.98 Å². The lowest BCUT2D eigenvalue weighted by Gasteiger charge is -2.12. The molecule has 0 bridgehead atoms. The van der Waals surface area contributed by atoms with Crippen LogP contribution < -0.4 is 0 Å². The van der Waals surface area contributed by atoms with E-state index in [9.17, 15) is 13.6 Å². The maximum atomic E-state index is 12.9. The van der Waals surface area contributed by atoms with Gasteiger partial charge >= 0.3 is 5.97 Å². The van der Waals surface area contributed by atoms with E-state index in [-0.39, 0.29) is 0 Å². The highest BCUT2D eigenvalue weighted by molar-refractivity contribution is 5.84. The largest absolute Gasteiger partial charge is 0.481 e. The van der Waals surface area contributed by atoms with Crippen molar-refractivity contribution in [3.8, 4) is 0 Å². The molecule has 2 N–H and O–H groups in total.